The molecule has 0 bridgehead atoms. The molecule has 0 aliphatic heterocycles. The third-order valence-corrected chi connectivity index (χ3v) is 7.10. The molecule has 1 atom stereocenters. The summed E-state index contributed by atoms with van der Waals surface area (Å²) in [4.78, 5) is 16.4. The van der Waals surface area contributed by atoms with Gasteiger partial charge in [-0.2, -0.15) is 13.2 Å². The molecule has 0 fully saturated rings. The predicted octanol–water partition coefficient (Wildman–Crippen LogP) is 3.20. The van der Waals surface area contributed by atoms with Crippen LogP contribution in [0.1, 0.15) is 35.1 Å². The van der Waals surface area contributed by atoms with Gasteiger partial charge in [0.1, 0.15) is 11.4 Å². The summed E-state index contributed by atoms with van der Waals surface area (Å²) in [7, 11) is -3.49. The van der Waals surface area contributed by atoms with Gasteiger partial charge in [-0.05, 0) is 47.4 Å². The van der Waals surface area contributed by atoms with Gasteiger partial charge in [0.15, 0.2) is 9.84 Å². The zero-order valence-electron chi connectivity index (χ0n) is 19.7. The predicted molar refractivity (Wildman–Crippen MR) is 128 cm³/mol. The Hall–Kier alpha value is -3.84. The zero-order chi connectivity index (χ0) is 27.2. The summed E-state index contributed by atoms with van der Waals surface area (Å²) >= 11 is 0. The number of carbonyl (C=O) groups excluding carboxylic acids is 1. The second-order valence-corrected chi connectivity index (χ2v) is 10.6. The third-order valence-electron chi connectivity index (χ3n) is 5.99. The molecule has 37 heavy (non-hydrogen) atoms. The number of benzene rings is 2. The van der Waals surface area contributed by atoms with Crippen molar-refractivity contribution in [3.05, 3.63) is 71.7 Å². The molecule has 13 heteroatoms. The van der Waals surface area contributed by atoms with Crippen LogP contribution in [0, 0.1) is 0 Å². The Morgan fingerprint density at radius 2 is 1.86 bits per heavy atom. The van der Waals surface area contributed by atoms with E-state index in [1.54, 1.807) is 30.3 Å². The van der Waals surface area contributed by atoms with Gasteiger partial charge < -0.3 is 10.8 Å². The number of amides is 1. The number of alkyl halides is 3. The van der Waals surface area contributed by atoms with Gasteiger partial charge >= 0.3 is 6.18 Å². The average molecular weight is 534 g/mol. The van der Waals surface area contributed by atoms with Crippen LogP contribution < -0.4 is 5.73 Å². The van der Waals surface area contributed by atoms with Crippen molar-refractivity contribution in [1.82, 2.24) is 20.0 Å². The number of nitrogens with zero attached hydrogens (tertiary/aromatic N) is 4. The summed E-state index contributed by atoms with van der Waals surface area (Å²) < 4.78 is 65.3. The molecule has 3 N–H and O–H groups in total. The van der Waals surface area contributed by atoms with Crippen molar-refractivity contribution in [2.24, 2.45) is 5.73 Å². The first kappa shape index (κ1) is 26.2. The van der Waals surface area contributed by atoms with E-state index in [1.807, 2.05) is 0 Å². The van der Waals surface area contributed by atoms with Crippen molar-refractivity contribution in [1.29, 1.82) is 0 Å². The Morgan fingerprint density at radius 1 is 1.14 bits per heavy atom. The van der Waals surface area contributed by atoms with E-state index < -0.39 is 39.6 Å². The van der Waals surface area contributed by atoms with Crippen LogP contribution in [-0.4, -0.2) is 51.8 Å². The van der Waals surface area contributed by atoms with E-state index in [-0.39, 0.29) is 17.1 Å². The highest BCUT2D eigenvalue weighted by Gasteiger charge is 2.55. The molecule has 4 aromatic rings. The minimum atomic E-state index is -4.93. The molecule has 2 aromatic carbocycles. The van der Waals surface area contributed by atoms with Crippen LogP contribution in [0.25, 0.3) is 22.0 Å². The Kier molecular flexibility index (Phi) is 6.54. The number of primary amides is 1. The van der Waals surface area contributed by atoms with Crippen LogP contribution >= 0.6 is 0 Å². The van der Waals surface area contributed by atoms with Crippen LogP contribution in [0.3, 0.4) is 0 Å². The quantitative estimate of drug-likeness (QED) is 0.372. The van der Waals surface area contributed by atoms with Gasteiger partial charge in [0.05, 0.1) is 23.2 Å². The summed E-state index contributed by atoms with van der Waals surface area (Å²) in [5, 5.41) is 17.9. The van der Waals surface area contributed by atoms with Gasteiger partial charge in [-0.1, -0.05) is 36.4 Å². The highest BCUT2D eigenvalue weighted by Crippen LogP contribution is 2.40. The molecule has 0 saturated heterocycles. The highest BCUT2D eigenvalue weighted by atomic mass is 32.2. The minimum Gasteiger partial charge on any atom is -0.375 e. The van der Waals surface area contributed by atoms with Crippen molar-refractivity contribution in [3.8, 4) is 11.1 Å². The fraction of sp³-hybridized carbons (Fsp3) is 0.250. The van der Waals surface area contributed by atoms with Gasteiger partial charge in [-0.25, -0.2) is 18.1 Å². The molecular weight excluding hydrogens is 511 g/mol. The number of hydrogen-bond acceptors (Lipinski definition) is 7. The van der Waals surface area contributed by atoms with Gasteiger partial charge in [0, 0.05) is 11.6 Å². The number of sulfone groups is 1. The number of aromatic nitrogens is 4. The van der Waals surface area contributed by atoms with Crippen LogP contribution in [0.4, 0.5) is 13.2 Å². The maximum absolute atomic E-state index is 13.4. The lowest BCUT2D eigenvalue weighted by Crippen LogP contribution is -2.42. The van der Waals surface area contributed by atoms with Gasteiger partial charge in [-0.3, -0.25) is 4.79 Å². The lowest BCUT2D eigenvalue weighted by molar-refractivity contribution is -0.269. The van der Waals surface area contributed by atoms with Crippen LogP contribution in [0.5, 0.6) is 0 Å². The lowest BCUT2D eigenvalue weighted by atomic mass is 9.96. The molecule has 194 valence electrons. The molecule has 9 nitrogen and oxygen atoms in total. The van der Waals surface area contributed by atoms with E-state index in [0.717, 1.165) is 17.1 Å². The first-order chi connectivity index (χ1) is 17.2. The van der Waals surface area contributed by atoms with Gasteiger partial charge in [0.25, 0.3) is 5.91 Å². The number of hydrogen-bond donors (Lipinski definition) is 2. The summed E-state index contributed by atoms with van der Waals surface area (Å²) in [6.07, 6.45) is -3.44. The number of carbonyl (C=O) groups is 1. The molecule has 1 amide bonds. The molecule has 2 heterocycles. The van der Waals surface area contributed by atoms with E-state index in [0.29, 0.717) is 27.6 Å². The number of pyridine rings is 1. The largest absolute Gasteiger partial charge is 0.423 e. The first-order valence-corrected chi connectivity index (χ1v) is 12.9. The van der Waals surface area contributed by atoms with E-state index in [2.05, 4.69) is 15.3 Å². The van der Waals surface area contributed by atoms with E-state index in [9.17, 15) is 31.5 Å². The van der Waals surface area contributed by atoms with Crippen molar-refractivity contribution in [2.75, 3.05) is 6.26 Å². The fourth-order valence-electron chi connectivity index (χ4n) is 3.91. The molecule has 0 spiro atoms. The monoisotopic (exact) mass is 533 g/mol. The second kappa shape index (κ2) is 9.23. The minimum absolute atomic E-state index is 0.00195. The SMILES string of the molecule is CC[C@](O)(c1cn(Cc2ccc3c(-c4cccc(S(C)(=O)=O)c4)cc(C(N)=O)nc3c2)nn1)C(F)(F)F. The lowest BCUT2D eigenvalue weighted by Gasteiger charge is -2.26. The van der Waals surface area contributed by atoms with Crippen molar-refractivity contribution in [2.45, 2.75) is 36.6 Å². The molecule has 0 aliphatic carbocycles. The molecule has 4 rings (SSSR count). The zero-order valence-corrected chi connectivity index (χ0v) is 20.5. The third kappa shape index (κ3) is 5.04. The molecular formula is C24H22F3N5O4S. The maximum atomic E-state index is 13.4. The molecule has 0 saturated carbocycles. The summed E-state index contributed by atoms with van der Waals surface area (Å²) in [6.45, 7) is 1.20. The van der Waals surface area contributed by atoms with Crippen LogP contribution in [-0.2, 0) is 22.0 Å². The number of aliphatic hydroxyl groups is 1. The Labute approximate surface area is 209 Å². The van der Waals surface area contributed by atoms with E-state index in [4.69, 9.17) is 5.73 Å². The summed E-state index contributed by atoms with van der Waals surface area (Å²) in [5.41, 5.74) is 3.65. The first-order valence-electron chi connectivity index (χ1n) is 11.0. The number of halogens is 3. The van der Waals surface area contributed by atoms with Crippen molar-refractivity contribution in [3.63, 3.8) is 0 Å². The standard InChI is InChI=1S/C24H22F3N5O4S/c1-3-23(34,24(25,26)27)21-13-32(31-30-21)12-14-7-8-17-18(11-20(22(28)33)29-19(17)9-14)15-5-4-6-16(10-15)37(2,35)36/h4-11,13,34H,3,12H2,1-2H3,(H2,28,33)/t23-/m0/s1. The summed E-state index contributed by atoms with van der Waals surface area (Å²) in [5.74, 6) is -0.792. The molecule has 0 unspecified atom stereocenters. The van der Waals surface area contributed by atoms with E-state index in [1.165, 1.54) is 25.1 Å². The Bertz CT molecular complexity index is 1620. The Morgan fingerprint density at radius 3 is 2.49 bits per heavy atom. The maximum Gasteiger partial charge on any atom is 0.423 e. The number of rotatable bonds is 7. The topological polar surface area (TPSA) is 141 Å². The molecule has 0 aliphatic rings. The van der Waals surface area contributed by atoms with Crippen molar-refractivity contribution >= 4 is 26.6 Å². The van der Waals surface area contributed by atoms with Crippen LogP contribution in [0.15, 0.2) is 59.6 Å². The normalized spacial score (nSPS) is 14.0. The fourth-order valence-corrected chi connectivity index (χ4v) is 4.58. The van der Waals surface area contributed by atoms with Crippen molar-refractivity contribution < 1.29 is 31.5 Å². The number of fused-ring (bicyclic) bond motifs is 1. The smallest absolute Gasteiger partial charge is 0.375 e. The Balaban J connectivity index is 1.77. The van der Waals surface area contributed by atoms with Crippen LogP contribution in [0.2, 0.25) is 0 Å². The van der Waals surface area contributed by atoms with Gasteiger partial charge in [0.2, 0.25) is 5.60 Å². The highest BCUT2D eigenvalue weighted by molar-refractivity contribution is 7.90. The van der Waals surface area contributed by atoms with Gasteiger partial charge in [-0.15, -0.1) is 5.10 Å². The molecule has 2 aromatic heterocycles. The molecule has 0 radical (unpaired) electrons. The number of nitrogens with two attached hydrogens (primary N) is 1. The second-order valence-electron chi connectivity index (χ2n) is 8.58. The average Bonchev–Trinajstić information content (AvgIpc) is 3.30. The summed E-state index contributed by atoms with van der Waals surface area (Å²) in [6, 6.07) is 12.7. The van der Waals surface area contributed by atoms with E-state index >= 15 is 0 Å².